The molecule has 54 heavy (non-hydrogen) atoms. The zero-order valence-electron chi connectivity index (χ0n) is 28.9. The number of rotatable bonds is 17. The molecule has 1 aromatic rings. The van der Waals surface area contributed by atoms with Crippen LogP contribution < -0.4 is 0 Å². The van der Waals surface area contributed by atoms with Crippen LogP contribution in [-0.2, 0) is 12.3 Å². The van der Waals surface area contributed by atoms with Crippen molar-refractivity contribution in [2.24, 2.45) is 23.7 Å². The van der Waals surface area contributed by atoms with Gasteiger partial charge >= 0.3 is 53.6 Å². The van der Waals surface area contributed by atoms with Gasteiger partial charge in [-0.2, -0.15) is 83.4 Å². The zero-order chi connectivity index (χ0) is 41.4. The molecule has 0 heterocycles. The first-order valence-corrected chi connectivity index (χ1v) is 17.6. The Balaban J connectivity index is 1.65. The quantitative estimate of drug-likeness (QED) is 0.108. The Morgan fingerprint density at radius 3 is 1.19 bits per heavy atom. The summed E-state index contributed by atoms with van der Waals surface area (Å²) in [6.45, 7) is 2.16. The number of hydrogen-bond donors (Lipinski definition) is 0. The van der Waals surface area contributed by atoms with Crippen LogP contribution in [0.5, 0.6) is 0 Å². The van der Waals surface area contributed by atoms with E-state index >= 15 is 0 Å². The first kappa shape index (κ1) is 46.3. The van der Waals surface area contributed by atoms with Crippen molar-refractivity contribution in [3.8, 4) is 0 Å². The normalized spacial score (nSPS) is 23.5. The molecular formula is C35H41F19. The van der Waals surface area contributed by atoms with Crippen molar-refractivity contribution in [3.05, 3.63) is 35.4 Å². The molecule has 2 fully saturated rings. The molecule has 0 amide bonds. The molecule has 0 saturated heterocycles. The fraction of sp³-hybridized carbons (Fsp3) is 0.829. The predicted octanol–water partition coefficient (Wildman–Crippen LogP) is 14.3. The van der Waals surface area contributed by atoms with Gasteiger partial charge in [-0.05, 0) is 67.8 Å². The molecule has 0 spiro atoms. The van der Waals surface area contributed by atoms with Crippen LogP contribution in [0.1, 0.15) is 108 Å². The van der Waals surface area contributed by atoms with Gasteiger partial charge < -0.3 is 0 Å². The van der Waals surface area contributed by atoms with Crippen molar-refractivity contribution in [1.82, 2.24) is 0 Å². The highest BCUT2D eigenvalue weighted by atomic mass is 19.4. The number of alkyl halides is 19. The van der Waals surface area contributed by atoms with Crippen LogP contribution in [0.4, 0.5) is 83.4 Å². The molecule has 0 N–H and O–H groups in total. The standard InChI is InChI=1S/C35H41F19/c1-2-3-4-5-6-21-9-15-24(16-10-21)25-17-11-22(12-18-25)7-8-23-13-19-26(20-14-23)27(36,37)28(38,39)29(40,41)30(42,43)31(44,45)32(46,47)33(48,49)34(50,51)35(52,53)54/h13-14,19-22,24-25H,2-12,15-18H2,1H3. The van der Waals surface area contributed by atoms with E-state index in [0.717, 1.165) is 31.6 Å². The van der Waals surface area contributed by atoms with Crippen molar-refractivity contribution in [3.63, 3.8) is 0 Å². The molecule has 0 aliphatic heterocycles. The van der Waals surface area contributed by atoms with Gasteiger partial charge in [-0.25, -0.2) is 0 Å². The molecule has 3 rings (SSSR count). The monoisotopic (exact) mass is 822 g/mol. The Morgan fingerprint density at radius 1 is 0.426 bits per heavy atom. The van der Waals surface area contributed by atoms with Crippen molar-refractivity contribution >= 4 is 0 Å². The number of unbranched alkanes of at least 4 members (excludes halogenated alkanes) is 3. The van der Waals surface area contributed by atoms with Crippen molar-refractivity contribution in [2.75, 3.05) is 0 Å². The molecule has 1 aromatic carbocycles. The lowest BCUT2D eigenvalue weighted by molar-refractivity contribution is -0.469. The summed E-state index contributed by atoms with van der Waals surface area (Å²) in [5.41, 5.74) is -2.10. The summed E-state index contributed by atoms with van der Waals surface area (Å²) in [4.78, 5) is 0. The molecule has 2 aliphatic carbocycles. The smallest absolute Gasteiger partial charge is 0.194 e. The van der Waals surface area contributed by atoms with Gasteiger partial charge in [0, 0.05) is 5.56 Å². The summed E-state index contributed by atoms with van der Waals surface area (Å²) in [5.74, 6) is -64.5. The Hall–Kier alpha value is -2.11. The highest BCUT2D eigenvalue weighted by Gasteiger charge is 2.96. The van der Waals surface area contributed by atoms with E-state index in [1.54, 1.807) is 0 Å². The molecule has 0 atom stereocenters. The largest absolute Gasteiger partial charge is 0.460 e. The minimum absolute atomic E-state index is 0.0132. The van der Waals surface area contributed by atoms with Gasteiger partial charge in [-0.1, -0.05) is 89.0 Å². The van der Waals surface area contributed by atoms with E-state index < -0.39 is 59.1 Å². The fourth-order valence-corrected chi connectivity index (χ4v) is 7.55. The first-order chi connectivity index (χ1) is 24.5. The average molecular weight is 823 g/mol. The fourth-order valence-electron chi connectivity index (χ4n) is 7.55. The summed E-state index contributed by atoms with van der Waals surface area (Å²) in [6.07, 6.45) is 7.21. The summed E-state index contributed by atoms with van der Waals surface area (Å²) in [7, 11) is 0. The summed E-state index contributed by atoms with van der Waals surface area (Å²) < 4.78 is 260. The van der Waals surface area contributed by atoms with Crippen LogP contribution in [0.25, 0.3) is 0 Å². The third-order valence-corrected chi connectivity index (χ3v) is 11.2. The van der Waals surface area contributed by atoms with E-state index in [1.807, 2.05) is 0 Å². The van der Waals surface area contributed by atoms with Crippen LogP contribution in [0.15, 0.2) is 24.3 Å². The Bertz CT molecular complexity index is 1330. The van der Waals surface area contributed by atoms with E-state index in [0.29, 0.717) is 30.4 Å². The molecule has 2 saturated carbocycles. The summed E-state index contributed by atoms with van der Waals surface area (Å²) in [6, 6.07) is 1.40. The Labute approximate surface area is 299 Å². The minimum Gasteiger partial charge on any atom is -0.194 e. The lowest BCUT2D eigenvalue weighted by Gasteiger charge is -2.43. The predicted molar refractivity (Wildman–Crippen MR) is 159 cm³/mol. The molecule has 2 aliphatic rings. The zero-order valence-corrected chi connectivity index (χ0v) is 28.9. The van der Waals surface area contributed by atoms with Crippen LogP contribution in [-0.4, -0.2) is 47.6 Å². The van der Waals surface area contributed by atoms with Crippen molar-refractivity contribution in [2.45, 2.75) is 157 Å². The number of halogens is 19. The van der Waals surface area contributed by atoms with E-state index in [1.165, 1.54) is 57.8 Å². The highest BCUT2D eigenvalue weighted by Crippen LogP contribution is 2.66. The maximum Gasteiger partial charge on any atom is 0.460 e. The van der Waals surface area contributed by atoms with Gasteiger partial charge in [-0.15, -0.1) is 0 Å². The van der Waals surface area contributed by atoms with E-state index in [2.05, 4.69) is 6.92 Å². The van der Waals surface area contributed by atoms with Gasteiger partial charge in [0.25, 0.3) is 0 Å². The third kappa shape index (κ3) is 8.16. The maximum absolute atomic E-state index is 14.7. The van der Waals surface area contributed by atoms with Gasteiger partial charge in [0.1, 0.15) is 0 Å². The second-order valence-electron chi connectivity index (χ2n) is 14.7. The van der Waals surface area contributed by atoms with E-state index in [9.17, 15) is 83.4 Å². The Morgan fingerprint density at radius 2 is 0.796 bits per heavy atom. The van der Waals surface area contributed by atoms with Crippen molar-refractivity contribution < 1.29 is 83.4 Å². The molecule has 0 radical (unpaired) electrons. The molecule has 0 unspecified atom stereocenters. The topological polar surface area (TPSA) is 0 Å². The average Bonchev–Trinajstić information content (AvgIpc) is 3.08. The lowest BCUT2D eigenvalue weighted by atomic mass is 9.68. The highest BCUT2D eigenvalue weighted by molar-refractivity contribution is 5.30. The summed E-state index contributed by atoms with van der Waals surface area (Å²) >= 11 is 0. The van der Waals surface area contributed by atoms with Crippen LogP contribution >= 0.6 is 0 Å². The van der Waals surface area contributed by atoms with Crippen LogP contribution in [0.2, 0.25) is 0 Å². The molecule has 0 bridgehead atoms. The number of benzene rings is 1. The molecule has 0 nitrogen and oxygen atoms in total. The molecule has 0 aromatic heterocycles. The van der Waals surface area contributed by atoms with Gasteiger partial charge in [0.2, 0.25) is 0 Å². The van der Waals surface area contributed by atoms with Gasteiger partial charge in [-0.3, -0.25) is 0 Å². The second kappa shape index (κ2) is 16.0. The minimum atomic E-state index is -8.92. The van der Waals surface area contributed by atoms with Crippen LogP contribution in [0, 0.1) is 23.7 Å². The SMILES string of the molecule is CCCCCCC1CCC(C2CCC(CCc3ccc(C(F)(F)C(F)(F)C(F)(F)C(F)(F)C(F)(F)C(F)(F)C(F)(F)C(F)(F)C(F)(F)F)cc3)CC2)CC1. The van der Waals surface area contributed by atoms with Gasteiger partial charge in [0.15, 0.2) is 0 Å². The van der Waals surface area contributed by atoms with Crippen LogP contribution in [0.3, 0.4) is 0 Å². The number of aryl methyl sites for hydroxylation is 1. The third-order valence-electron chi connectivity index (χ3n) is 11.2. The maximum atomic E-state index is 14.7. The molecular weight excluding hydrogens is 781 g/mol. The second-order valence-corrected chi connectivity index (χ2v) is 14.7. The lowest BCUT2D eigenvalue weighted by Crippen LogP contribution is -2.75. The molecule has 314 valence electrons. The summed E-state index contributed by atoms with van der Waals surface area (Å²) in [5, 5.41) is 0. The van der Waals surface area contributed by atoms with Crippen molar-refractivity contribution in [1.29, 1.82) is 0 Å². The van der Waals surface area contributed by atoms with Gasteiger partial charge in [0.05, 0.1) is 0 Å². The molecule has 19 heteroatoms. The Kier molecular flexibility index (Phi) is 13.7. The number of hydrogen-bond acceptors (Lipinski definition) is 0. The van der Waals surface area contributed by atoms with E-state index in [-0.39, 0.29) is 30.0 Å². The first-order valence-electron chi connectivity index (χ1n) is 17.6. The van der Waals surface area contributed by atoms with E-state index in [4.69, 9.17) is 0 Å².